The van der Waals surface area contributed by atoms with Gasteiger partial charge in [-0.25, -0.2) is 4.79 Å². The number of hydrogen-bond donors (Lipinski definition) is 8. The molecule has 182 valence electrons. The second-order valence-electron chi connectivity index (χ2n) is 7.19. The highest BCUT2D eigenvalue weighted by Gasteiger charge is 2.30. The molecule has 0 saturated heterocycles. The Labute approximate surface area is 188 Å². The summed E-state index contributed by atoms with van der Waals surface area (Å²) in [5, 5.41) is 60.8. The number of aliphatic hydroxyl groups excluding tert-OH is 5. The van der Waals surface area contributed by atoms with Gasteiger partial charge in [-0.3, -0.25) is 9.59 Å². The highest BCUT2D eigenvalue weighted by molar-refractivity contribution is 8.28. The molecule has 0 aromatic rings. The summed E-state index contributed by atoms with van der Waals surface area (Å²) in [6, 6.07) is -1.25. The number of carboxylic acid groups (broad SMARTS) is 1. The number of carbonyl (C=O) groups excluding carboxylic acids is 2. The first kappa shape index (κ1) is 29.8. The molecule has 0 saturated carbocycles. The van der Waals surface area contributed by atoms with Crippen LogP contribution in [0.4, 0.5) is 0 Å². The summed E-state index contributed by atoms with van der Waals surface area (Å²) in [4.78, 5) is 35.1. The molecule has 13 heteroatoms. The van der Waals surface area contributed by atoms with Crippen molar-refractivity contribution in [2.75, 3.05) is 25.2 Å². The normalized spacial score (nSPS) is 17.1. The molecule has 0 rings (SSSR count). The second kappa shape index (κ2) is 16.4. The zero-order valence-corrected chi connectivity index (χ0v) is 19.1. The minimum absolute atomic E-state index is 0.0611. The largest absolute Gasteiger partial charge is 0.480 e. The van der Waals surface area contributed by atoms with E-state index in [4.69, 9.17) is 16.3 Å². The van der Waals surface area contributed by atoms with Crippen LogP contribution in [0.3, 0.4) is 0 Å². The van der Waals surface area contributed by atoms with Crippen LogP contribution in [-0.4, -0.2) is 104 Å². The van der Waals surface area contributed by atoms with E-state index in [0.717, 1.165) is 18.6 Å². The average Bonchev–Trinajstić information content (AvgIpc) is 2.72. The van der Waals surface area contributed by atoms with Gasteiger partial charge in [-0.15, -0.1) is 9.45 Å². The Bertz CT molecular complexity index is 594. The SMILES string of the molecule is CS(=S)CCCCCC(=O)N[C@@H](CCC(=O)NC[C@H](O)[C@@H](O)[C@H](O)[C@H](O)CO)C(=O)O. The summed E-state index contributed by atoms with van der Waals surface area (Å²) in [6.45, 7) is -1.30. The molecule has 0 spiro atoms. The van der Waals surface area contributed by atoms with Crippen molar-refractivity contribution < 1.29 is 45.0 Å². The topological polar surface area (TPSA) is 197 Å². The number of rotatable bonds is 17. The number of amides is 2. The van der Waals surface area contributed by atoms with E-state index in [1.165, 1.54) is 0 Å². The van der Waals surface area contributed by atoms with E-state index < -0.39 is 61.4 Å². The van der Waals surface area contributed by atoms with Crippen LogP contribution in [-0.2, 0) is 35.0 Å². The molecular weight excluding hydrogens is 452 g/mol. The van der Waals surface area contributed by atoms with E-state index in [0.29, 0.717) is 6.42 Å². The van der Waals surface area contributed by atoms with Crippen molar-refractivity contribution >= 4 is 38.4 Å². The molecule has 0 aliphatic rings. The summed E-state index contributed by atoms with van der Waals surface area (Å²) >= 11 is 5.08. The molecule has 2 amide bonds. The number of hydrogen-bond acceptors (Lipinski definition) is 9. The van der Waals surface area contributed by atoms with Gasteiger partial charge >= 0.3 is 5.97 Å². The quantitative estimate of drug-likeness (QED) is 0.0991. The molecular formula is C18H34N2O9S2. The van der Waals surface area contributed by atoms with Crippen LogP contribution < -0.4 is 10.6 Å². The van der Waals surface area contributed by atoms with Gasteiger partial charge in [0, 0.05) is 19.4 Å². The summed E-state index contributed by atoms with van der Waals surface area (Å²) in [5.74, 6) is -1.42. The smallest absolute Gasteiger partial charge is 0.326 e. The Morgan fingerprint density at radius 2 is 1.55 bits per heavy atom. The zero-order valence-electron chi connectivity index (χ0n) is 17.5. The standard InChI is InChI=1S/C18H34N2O9S2/c1-31(30)8-4-2-3-5-15(25)20-11(18(28)29)6-7-14(24)19-9-12(22)16(26)17(27)13(23)10-21/h11-13,16-17,21-23,26-27H,2-10H2,1H3,(H,19,24)(H,20,25)(H,28,29)/t11-,12-,13+,16+,17+,31?/m0/s1. The maximum Gasteiger partial charge on any atom is 0.326 e. The van der Waals surface area contributed by atoms with Crippen molar-refractivity contribution in [2.45, 2.75) is 69.0 Å². The van der Waals surface area contributed by atoms with Gasteiger partial charge in [0.15, 0.2) is 0 Å². The molecule has 0 fully saturated rings. The number of carbonyl (C=O) groups is 3. The van der Waals surface area contributed by atoms with Gasteiger partial charge in [-0.05, 0) is 31.3 Å². The van der Waals surface area contributed by atoms with Gasteiger partial charge in [-0.1, -0.05) is 17.6 Å². The van der Waals surface area contributed by atoms with Gasteiger partial charge in [0.2, 0.25) is 11.8 Å². The minimum atomic E-state index is -1.82. The lowest BCUT2D eigenvalue weighted by Crippen LogP contribution is -2.49. The van der Waals surface area contributed by atoms with Gasteiger partial charge in [-0.2, -0.15) is 0 Å². The molecule has 1 unspecified atom stereocenters. The first-order chi connectivity index (χ1) is 14.5. The van der Waals surface area contributed by atoms with Gasteiger partial charge in [0.05, 0.1) is 12.7 Å². The molecule has 0 aromatic heterocycles. The lowest BCUT2D eigenvalue weighted by molar-refractivity contribution is -0.142. The van der Waals surface area contributed by atoms with Crippen molar-refractivity contribution in [3.8, 4) is 0 Å². The summed E-state index contributed by atoms with van der Waals surface area (Å²) in [6.07, 6.45) is -2.87. The van der Waals surface area contributed by atoms with Crippen molar-refractivity contribution in [2.24, 2.45) is 0 Å². The molecule has 0 aliphatic carbocycles. The monoisotopic (exact) mass is 486 g/mol. The average molecular weight is 487 g/mol. The van der Waals surface area contributed by atoms with Crippen LogP contribution in [0.1, 0.15) is 38.5 Å². The molecule has 6 atom stereocenters. The maximum absolute atomic E-state index is 11.9. The molecule has 0 bridgehead atoms. The van der Waals surface area contributed by atoms with E-state index in [-0.39, 0.29) is 28.7 Å². The molecule has 0 aromatic carbocycles. The second-order valence-corrected chi connectivity index (χ2v) is 10.4. The lowest BCUT2D eigenvalue weighted by atomic mass is 10.0. The number of aliphatic hydroxyl groups is 5. The Kier molecular flexibility index (Phi) is 15.8. The lowest BCUT2D eigenvalue weighted by Gasteiger charge is -2.25. The Hall–Kier alpha value is -1.22. The van der Waals surface area contributed by atoms with Crippen LogP contribution in [0.2, 0.25) is 0 Å². The molecule has 0 aliphatic heterocycles. The maximum atomic E-state index is 11.9. The summed E-state index contributed by atoms with van der Waals surface area (Å²) in [5.41, 5.74) is 0. The van der Waals surface area contributed by atoms with Crippen molar-refractivity contribution in [3.63, 3.8) is 0 Å². The van der Waals surface area contributed by atoms with Gasteiger partial charge in [0.1, 0.15) is 24.4 Å². The third-order valence-electron chi connectivity index (χ3n) is 4.46. The van der Waals surface area contributed by atoms with Crippen molar-refractivity contribution in [3.05, 3.63) is 0 Å². The van der Waals surface area contributed by atoms with E-state index in [9.17, 15) is 39.9 Å². The molecule has 31 heavy (non-hydrogen) atoms. The number of nitrogens with one attached hydrogen (secondary N) is 2. The minimum Gasteiger partial charge on any atom is -0.480 e. The molecule has 0 heterocycles. The molecule has 0 radical (unpaired) electrons. The number of aliphatic carboxylic acids is 1. The van der Waals surface area contributed by atoms with E-state index in [2.05, 4.69) is 10.6 Å². The molecule has 11 nitrogen and oxygen atoms in total. The van der Waals surface area contributed by atoms with Gasteiger partial charge in [0.25, 0.3) is 0 Å². The zero-order chi connectivity index (χ0) is 24.0. The van der Waals surface area contributed by atoms with Crippen LogP contribution in [0, 0.1) is 0 Å². The predicted molar refractivity (Wildman–Crippen MR) is 117 cm³/mol. The highest BCUT2D eigenvalue weighted by atomic mass is 32.8. The van der Waals surface area contributed by atoms with E-state index in [1.54, 1.807) is 0 Å². The summed E-state index contributed by atoms with van der Waals surface area (Å²) in [7, 11) is -0.0611. The Morgan fingerprint density at radius 3 is 2.10 bits per heavy atom. The van der Waals surface area contributed by atoms with Crippen LogP contribution in [0.5, 0.6) is 0 Å². The van der Waals surface area contributed by atoms with Crippen LogP contribution in [0.15, 0.2) is 0 Å². The van der Waals surface area contributed by atoms with Crippen molar-refractivity contribution in [1.82, 2.24) is 10.6 Å². The van der Waals surface area contributed by atoms with Crippen molar-refractivity contribution in [1.29, 1.82) is 0 Å². The van der Waals surface area contributed by atoms with Gasteiger partial charge < -0.3 is 41.3 Å². The molecule has 8 N–H and O–H groups in total. The van der Waals surface area contributed by atoms with E-state index >= 15 is 0 Å². The number of carboxylic acids is 1. The fourth-order valence-corrected chi connectivity index (χ4v) is 3.52. The van der Waals surface area contributed by atoms with Crippen LogP contribution in [0.25, 0.3) is 0 Å². The third kappa shape index (κ3) is 13.7. The first-order valence-electron chi connectivity index (χ1n) is 9.91. The first-order valence-corrected chi connectivity index (χ1v) is 12.6. The number of unbranched alkanes of at least 4 members (excludes halogenated alkanes) is 2. The highest BCUT2D eigenvalue weighted by Crippen LogP contribution is 2.06. The van der Waals surface area contributed by atoms with E-state index in [1.807, 2.05) is 6.26 Å². The Balaban J connectivity index is 4.31. The Morgan fingerprint density at radius 1 is 0.935 bits per heavy atom. The fourth-order valence-electron chi connectivity index (χ4n) is 2.56. The predicted octanol–water partition coefficient (Wildman–Crippen LogP) is -2.84. The fraction of sp³-hybridized carbons (Fsp3) is 0.833. The van der Waals surface area contributed by atoms with Crippen LogP contribution >= 0.6 is 0 Å². The summed E-state index contributed by atoms with van der Waals surface area (Å²) < 4.78 is 0. The third-order valence-corrected chi connectivity index (χ3v) is 5.83.